The molecule has 2 aromatic rings. The van der Waals surface area contributed by atoms with Gasteiger partial charge in [-0.25, -0.2) is 0 Å². The summed E-state index contributed by atoms with van der Waals surface area (Å²) in [7, 11) is 1.94. The van der Waals surface area contributed by atoms with Gasteiger partial charge in [0.2, 0.25) is 11.5 Å². The van der Waals surface area contributed by atoms with Crippen molar-refractivity contribution in [3.63, 3.8) is 0 Å². The van der Waals surface area contributed by atoms with Crippen LogP contribution in [0.5, 0.6) is 5.75 Å². The summed E-state index contributed by atoms with van der Waals surface area (Å²) >= 11 is 6.21. The fourth-order valence-corrected chi connectivity index (χ4v) is 4.10. The van der Waals surface area contributed by atoms with E-state index in [1.165, 1.54) is 6.07 Å². The number of nitro groups is 1. The molecule has 0 aliphatic carbocycles. The van der Waals surface area contributed by atoms with E-state index in [1.54, 1.807) is 6.07 Å². The van der Waals surface area contributed by atoms with E-state index in [-0.39, 0.29) is 5.69 Å². The molecule has 6 heteroatoms. The molecule has 1 unspecified atom stereocenters. The SMILES string of the molecule is CN1c2ccc(Cl)cc2C(C)(C)C12C=Cc1cccc([N+](=O)[O-])c1O2. The summed E-state index contributed by atoms with van der Waals surface area (Å²) in [5.41, 5.74) is 1.41. The van der Waals surface area contributed by atoms with Crippen LogP contribution < -0.4 is 9.64 Å². The van der Waals surface area contributed by atoms with E-state index in [1.807, 2.05) is 48.4 Å². The van der Waals surface area contributed by atoms with Crippen molar-refractivity contribution in [1.82, 2.24) is 0 Å². The second kappa shape index (κ2) is 4.99. The van der Waals surface area contributed by atoms with Crippen molar-refractivity contribution >= 4 is 29.1 Å². The molecule has 128 valence electrons. The first-order chi connectivity index (χ1) is 11.8. The summed E-state index contributed by atoms with van der Waals surface area (Å²) in [4.78, 5) is 13.1. The monoisotopic (exact) mass is 356 g/mol. The van der Waals surface area contributed by atoms with Crippen LogP contribution in [-0.2, 0) is 5.41 Å². The Labute approximate surface area is 150 Å². The third-order valence-corrected chi connectivity index (χ3v) is 5.59. The highest BCUT2D eigenvalue weighted by Crippen LogP contribution is 2.55. The second-order valence-corrected chi connectivity index (χ2v) is 7.37. The normalized spacial score (nSPS) is 22.5. The van der Waals surface area contributed by atoms with Gasteiger partial charge < -0.3 is 9.64 Å². The Balaban J connectivity index is 1.92. The third kappa shape index (κ3) is 1.96. The largest absolute Gasteiger partial charge is 0.456 e. The fourth-order valence-electron chi connectivity index (χ4n) is 3.93. The number of anilines is 1. The molecule has 0 N–H and O–H groups in total. The van der Waals surface area contributed by atoms with Gasteiger partial charge in [-0.05, 0) is 49.8 Å². The van der Waals surface area contributed by atoms with Gasteiger partial charge >= 0.3 is 5.69 Å². The Kier molecular flexibility index (Phi) is 3.19. The molecular weight excluding hydrogens is 340 g/mol. The van der Waals surface area contributed by atoms with Gasteiger partial charge in [0.25, 0.3) is 0 Å². The first kappa shape index (κ1) is 16.0. The van der Waals surface area contributed by atoms with E-state index < -0.39 is 16.1 Å². The summed E-state index contributed by atoms with van der Waals surface area (Å²) < 4.78 is 6.38. The quantitative estimate of drug-likeness (QED) is 0.545. The van der Waals surface area contributed by atoms with Crippen molar-refractivity contribution in [1.29, 1.82) is 0 Å². The highest BCUT2D eigenvalue weighted by molar-refractivity contribution is 6.30. The lowest BCUT2D eigenvalue weighted by Gasteiger charge is -2.45. The fraction of sp³-hybridized carbons (Fsp3) is 0.263. The van der Waals surface area contributed by atoms with E-state index in [2.05, 4.69) is 13.8 Å². The van der Waals surface area contributed by atoms with E-state index in [4.69, 9.17) is 16.3 Å². The van der Waals surface area contributed by atoms with Crippen molar-refractivity contribution in [2.24, 2.45) is 0 Å². The molecule has 5 nitrogen and oxygen atoms in total. The van der Waals surface area contributed by atoms with Crippen LogP contribution in [0.2, 0.25) is 5.02 Å². The number of rotatable bonds is 1. The predicted octanol–water partition coefficient (Wildman–Crippen LogP) is 4.78. The van der Waals surface area contributed by atoms with Crippen LogP contribution in [0.4, 0.5) is 11.4 Å². The lowest BCUT2D eigenvalue weighted by molar-refractivity contribution is -0.386. The number of para-hydroxylation sites is 1. The molecule has 0 saturated heterocycles. The third-order valence-electron chi connectivity index (χ3n) is 5.35. The van der Waals surface area contributed by atoms with E-state index in [0.717, 1.165) is 11.3 Å². The first-order valence-electron chi connectivity index (χ1n) is 7.97. The van der Waals surface area contributed by atoms with Gasteiger partial charge in [-0.1, -0.05) is 23.7 Å². The van der Waals surface area contributed by atoms with Crippen LogP contribution >= 0.6 is 11.6 Å². The number of nitrogens with zero attached hydrogens (tertiary/aromatic N) is 2. The second-order valence-electron chi connectivity index (χ2n) is 6.93. The van der Waals surface area contributed by atoms with Crippen LogP contribution in [0, 0.1) is 10.1 Å². The molecule has 0 fully saturated rings. The number of halogens is 1. The molecule has 1 atom stereocenters. The Morgan fingerprint density at radius 1 is 1.24 bits per heavy atom. The summed E-state index contributed by atoms with van der Waals surface area (Å²) in [6.07, 6.45) is 3.88. The number of ether oxygens (including phenoxy) is 1. The molecule has 2 aromatic carbocycles. The van der Waals surface area contributed by atoms with E-state index >= 15 is 0 Å². The molecule has 25 heavy (non-hydrogen) atoms. The summed E-state index contributed by atoms with van der Waals surface area (Å²) in [6.45, 7) is 4.13. The minimum absolute atomic E-state index is 0.0283. The number of nitro benzene ring substituents is 1. The van der Waals surface area contributed by atoms with Gasteiger partial charge in [-0.2, -0.15) is 0 Å². The van der Waals surface area contributed by atoms with Crippen molar-refractivity contribution in [3.8, 4) is 5.75 Å². The Morgan fingerprint density at radius 2 is 2.00 bits per heavy atom. The molecule has 0 aromatic heterocycles. The smallest absolute Gasteiger partial charge is 0.311 e. The minimum Gasteiger partial charge on any atom is -0.456 e. The van der Waals surface area contributed by atoms with Gasteiger partial charge in [-0.15, -0.1) is 0 Å². The number of hydrogen-bond acceptors (Lipinski definition) is 4. The number of likely N-dealkylation sites (N-methyl/N-ethyl adjacent to an activating group) is 1. The Bertz CT molecular complexity index is 938. The topological polar surface area (TPSA) is 55.6 Å². The lowest BCUT2D eigenvalue weighted by Crippen LogP contribution is -2.58. The molecule has 2 heterocycles. The van der Waals surface area contributed by atoms with Crippen molar-refractivity contribution < 1.29 is 9.66 Å². The predicted molar refractivity (Wildman–Crippen MR) is 98.4 cm³/mol. The molecule has 0 saturated carbocycles. The van der Waals surface area contributed by atoms with Crippen molar-refractivity contribution in [2.45, 2.75) is 25.0 Å². The maximum Gasteiger partial charge on any atom is 0.311 e. The summed E-state index contributed by atoms with van der Waals surface area (Å²) in [6, 6.07) is 10.7. The van der Waals surface area contributed by atoms with Crippen LogP contribution in [0.3, 0.4) is 0 Å². The maximum atomic E-state index is 11.5. The highest BCUT2D eigenvalue weighted by Gasteiger charge is 2.58. The van der Waals surface area contributed by atoms with Gasteiger partial charge in [-0.3, -0.25) is 10.1 Å². The van der Waals surface area contributed by atoms with Crippen LogP contribution in [0.15, 0.2) is 42.5 Å². The first-order valence-corrected chi connectivity index (χ1v) is 8.35. The van der Waals surface area contributed by atoms with Gasteiger partial charge in [0.1, 0.15) is 0 Å². The van der Waals surface area contributed by atoms with E-state index in [9.17, 15) is 10.1 Å². The van der Waals surface area contributed by atoms with Gasteiger partial charge in [0.15, 0.2) is 0 Å². The van der Waals surface area contributed by atoms with Crippen LogP contribution in [0.1, 0.15) is 25.0 Å². The number of fused-ring (bicyclic) bond motifs is 2. The van der Waals surface area contributed by atoms with Crippen molar-refractivity contribution in [2.75, 3.05) is 11.9 Å². The lowest BCUT2D eigenvalue weighted by atomic mass is 9.76. The molecule has 2 aliphatic heterocycles. The zero-order valence-electron chi connectivity index (χ0n) is 14.1. The van der Waals surface area contributed by atoms with Gasteiger partial charge in [0, 0.05) is 29.4 Å². The molecule has 0 radical (unpaired) electrons. The number of benzene rings is 2. The van der Waals surface area contributed by atoms with Crippen LogP contribution in [0.25, 0.3) is 6.08 Å². The van der Waals surface area contributed by atoms with Gasteiger partial charge in [0.05, 0.1) is 10.3 Å². The minimum atomic E-state index is -0.862. The molecule has 0 bridgehead atoms. The molecule has 4 rings (SSSR count). The standard InChI is InChI=1S/C19H17ClN2O3/c1-18(2)14-11-13(20)7-8-15(14)21(3)19(18)10-9-12-5-4-6-16(22(23)24)17(12)25-19/h4-11H,1-3H3. The highest BCUT2D eigenvalue weighted by atomic mass is 35.5. The molecular formula is C19H17ClN2O3. The molecule has 0 amide bonds. The molecule has 2 aliphatic rings. The average Bonchev–Trinajstić information content (AvgIpc) is 2.73. The Hall–Kier alpha value is -2.53. The zero-order chi connectivity index (χ0) is 18.0. The number of hydrogen-bond donors (Lipinski definition) is 0. The molecule has 1 spiro atoms. The van der Waals surface area contributed by atoms with Crippen molar-refractivity contribution in [3.05, 3.63) is 68.7 Å². The van der Waals surface area contributed by atoms with Crippen LogP contribution in [-0.4, -0.2) is 17.7 Å². The summed E-state index contributed by atoms with van der Waals surface area (Å²) in [5, 5.41) is 12.1. The average molecular weight is 357 g/mol. The zero-order valence-corrected chi connectivity index (χ0v) is 14.9. The summed E-state index contributed by atoms with van der Waals surface area (Å²) in [5.74, 6) is 0.300. The maximum absolute atomic E-state index is 11.5. The Morgan fingerprint density at radius 3 is 2.72 bits per heavy atom. The van der Waals surface area contributed by atoms with E-state index in [0.29, 0.717) is 16.3 Å².